The van der Waals surface area contributed by atoms with Crippen LogP contribution >= 0.6 is 11.3 Å². The molecule has 6 rings (SSSR count). The number of H-pyrrole nitrogens is 1. The molecule has 10 nitrogen and oxygen atoms in total. The Kier molecular flexibility index (Phi) is 5.75. The SMILES string of the molecule is O=C(OC1COC1)N1CCN(c2ccnc3[nH]c(-c4csc(N5CCC(O)CC5)n4)cc23)CC1. The first-order chi connectivity index (χ1) is 16.6. The van der Waals surface area contributed by atoms with Crippen LogP contribution in [0.1, 0.15) is 12.8 Å². The van der Waals surface area contributed by atoms with Crippen molar-refractivity contribution in [1.82, 2.24) is 19.9 Å². The van der Waals surface area contributed by atoms with Crippen molar-refractivity contribution < 1.29 is 19.4 Å². The summed E-state index contributed by atoms with van der Waals surface area (Å²) >= 11 is 1.63. The molecule has 180 valence electrons. The number of anilines is 2. The third-order valence-electron chi connectivity index (χ3n) is 6.77. The van der Waals surface area contributed by atoms with E-state index in [1.807, 2.05) is 12.3 Å². The molecule has 0 saturated carbocycles. The number of aliphatic hydroxyl groups excluding tert-OH is 1. The van der Waals surface area contributed by atoms with Gasteiger partial charge in [-0.1, -0.05) is 0 Å². The summed E-state index contributed by atoms with van der Waals surface area (Å²) in [5.74, 6) is 0. The second-order valence-electron chi connectivity index (χ2n) is 9.03. The number of thiazole rings is 1. The fraction of sp³-hybridized carbons (Fsp3) is 0.522. The Morgan fingerprint density at radius 3 is 2.68 bits per heavy atom. The van der Waals surface area contributed by atoms with Gasteiger partial charge in [0.05, 0.1) is 30.7 Å². The average molecular weight is 485 g/mol. The van der Waals surface area contributed by atoms with Crippen LogP contribution in [0.4, 0.5) is 15.6 Å². The molecular formula is C23H28N6O4S. The number of aromatic nitrogens is 3. The van der Waals surface area contributed by atoms with Gasteiger partial charge in [-0.2, -0.15) is 0 Å². The molecule has 3 aliphatic heterocycles. The van der Waals surface area contributed by atoms with Crippen LogP contribution < -0.4 is 9.80 Å². The van der Waals surface area contributed by atoms with E-state index < -0.39 is 0 Å². The lowest BCUT2D eigenvalue weighted by atomic mass is 10.1. The van der Waals surface area contributed by atoms with Crippen LogP contribution in [0, 0.1) is 0 Å². The van der Waals surface area contributed by atoms with Crippen molar-refractivity contribution in [3.05, 3.63) is 23.7 Å². The van der Waals surface area contributed by atoms with Gasteiger partial charge >= 0.3 is 6.09 Å². The van der Waals surface area contributed by atoms with Gasteiger partial charge in [0.1, 0.15) is 5.65 Å². The summed E-state index contributed by atoms with van der Waals surface area (Å²) < 4.78 is 10.5. The van der Waals surface area contributed by atoms with E-state index >= 15 is 0 Å². The molecule has 3 fully saturated rings. The molecule has 2 N–H and O–H groups in total. The molecule has 0 spiro atoms. The average Bonchev–Trinajstić information content (AvgIpc) is 3.49. The highest BCUT2D eigenvalue weighted by Gasteiger charge is 2.29. The predicted octanol–water partition coefficient (Wildman–Crippen LogP) is 2.30. The molecule has 0 aliphatic carbocycles. The van der Waals surface area contributed by atoms with Crippen molar-refractivity contribution in [2.75, 3.05) is 62.3 Å². The molecule has 0 atom stereocenters. The fourth-order valence-electron chi connectivity index (χ4n) is 4.65. The Morgan fingerprint density at radius 1 is 1.15 bits per heavy atom. The lowest BCUT2D eigenvalue weighted by Crippen LogP contribution is -2.51. The predicted molar refractivity (Wildman–Crippen MR) is 130 cm³/mol. The molecule has 3 saturated heterocycles. The van der Waals surface area contributed by atoms with Crippen LogP contribution in [-0.2, 0) is 9.47 Å². The van der Waals surface area contributed by atoms with Crippen LogP contribution in [-0.4, -0.2) is 95.7 Å². The molecule has 3 aromatic heterocycles. The van der Waals surface area contributed by atoms with Gasteiger partial charge in [-0.3, -0.25) is 0 Å². The number of amides is 1. The number of piperazine rings is 1. The summed E-state index contributed by atoms with van der Waals surface area (Å²) in [5.41, 5.74) is 3.78. The Morgan fingerprint density at radius 2 is 1.94 bits per heavy atom. The maximum Gasteiger partial charge on any atom is 0.410 e. The smallest absolute Gasteiger partial charge is 0.410 e. The van der Waals surface area contributed by atoms with E-state index in [1.165, 1.54) is 0 Å². The van der Waals surface area contributed by atoms with E-state index in [9.17, 15) is 9.90 Å². The van der Waals surface area contributed by atoms with E-state index in [4.69, 9.17) is 14.5 Å². The maximum atomic E-state index is 12.3. The first-order valence-electron chi connectivity index (χ1n) is 11.8. The molecular weight excluding hydrogens is 456 g/mol. The summed E-state index contributed by atoms with van der Waals surface area (Å²) in [6.07, 6.45) is 2.85. The quantitative estimate of drug-likeness (QED) is 0.581. The Hall–Kier alpha value is -2.89. The molecule has 3 aromatic rings. The lowest BCUT2D eigenvalue weighted by molar-refractivity contribution is -0.104. The third-order valence-corrected chi connectivity index (χ3v) is 7.67. The van der Waals surface area contributed by atoms with Crippen LogP contribution in [0.5, 0.6) is 0 Å². The second kappa shape index (κ2) is 9.05. The number of fused-ring (bicyclic) bond motifs is 1. The summed E-state index contributed by atoms with van der Waals surface area (Å²) in [6.45, 7) is 5.37. The van der Waals surface area contributed by atoms with E-state index in [0.29, 0.717) is 26.3 Å². The number of aromatic amines is 1. The van der Waals surface area contributed by atoms with Crippen molar-refractivity contribution in [1.29, 1.82) is 0 Å². The van der Waals surface area contributed by atoms with E-state index in [-0.39, 0.29) is 18.3 Å². The zero-order chi connectivity index (χ0) is 23.1. The van der Waals surface area contributed by atoms with Crippen molar-refractivity contribution in [3.8, 4) is 11.4 Å². The number of rotatable bonds is 4. The van der Waals surface area contributed by atoms with E-state index in [0.717, 1.165) is 72.3 Å². The highest BCUT2D eigenvalue weighted by molar-refractivity contribution is 7.14. The van der Waals surface area contributed by atoms with Gasteiger partial charge in [-0.05, 0) is 25.0 Å². The molecule has 1 amide bonds. The normalized spacial score (nSPS) is 20.1. The summed E-state index contributed by atoms with van der Waals surface area (Å²) in [6, 6.07) is 4.15. The molecule has 0 radical (unpaired) electrons. The van der Waals surface area contributed by atoms with Crippen molar-refractivity contribution in [3.63, 3.8) is 0 Å². The maximum absolute atomic E-state index is 12.3. The highest BCUT2D eigenvalue weighted by Crippen LogP contribution is 2.33. The number of carbonyl (C=O) groups is 1. The number of piperidine rings is 1. The monoisotopic (exact) mass is 484 g/mol. The number of ether oxygens (including phenoxy) is 2. The van der Waals surface area contributed by atoms with Crippen molar-refractivity contribution >= 4 is 39.3 Å². The Labute approximate surface area is 201 Å². The van der Waals surface area contributed by atoms with Crippen molar-refractivity contribution in [2.24, 2.45) is 0 Å². The van der Waals surface area contributed by atoms with Crippen LogP contribution in [0.25, 0.3) is 22.4 Å². The van der Waals surface area contributed by atoms with Gasteiger partial charge in [0.25, 0.3) is 0 Å². The highest BCUT2D eigenvalue weighted by atomic mass is 32.1. The second-order valence-corrected chi connectivity index (χ2v) is 9.86. The number of pyridine rings is 1. The van der Waals surface area contributed by atoms with Gasteiger partial charge in [-0.15, -0.1) is 11.3 Å². The third kappa shape index (κ3) is 4.19. The minimum absolute atomic E-state index is 0.101. The minimum atomic E-state index is -0.251. The number of carbonyl (C=O) groups excluding carboxylic acids is 1. The molecule has 11 heteroatoms. The molecule has 0 aromatic carbocycles. The van der Waals surface area contributed by atoms with Crippen LogP contribution in [0.2, 0.25) is 0 Å². The van der Waals surface area contributed by atoms with E-state index in [2.05, 4.69) is 31.2 Å². The number of aliphatic hydroxyl groups is 1. The first kappa shape index (κ1) is 21.6. The largest absolute Gasteiger partial charge is 0.441 e. The standard InChI is InChI=1S/C23H28N6O4S/c30-15-2-5-28(6-3-15)22-26-19(14-34-22)18-11-17-20(1-4-24-21(17)25-18)27-7-9-29(10-8-27)23(31)33-16-12-32-13-16/h1,4,11,14-16,30H,2-3,5-10,12-13H2,(H,24,25). The first-order valence-corrected chi connectivity index (χ1v) is 12.7. The van der Waals surface area contributed by atoms with E-state index in [1.54, 1.807) is 16.2 Å². The number of nitrogens with zero attached hydrogens (tertiary/aromatic N) is 5. The van der Waals surface area contributed by atoms with Gasteiger partial charge in [-0.25, -0.2) is 14.8 Å². The van der Waals surface area contributed by atoms with Gasteiger partial charge < -0.3 is 34.3 Å². The van der Waals surface area contributed by atoms with Crippen LogP contribution in [0.15, 0.2) is 23.7 Å². The van der Waals surface area contributed by atoms with Gasteiger partial charge in [0.2, 0.25) is 0 Å². The zero-order valence-electron chi connectivity index (χ0n) is 18.9. The number of nitrogens with one attached hydrogen (secondary N) is 1. The lowest BCUT2D eigenvalue weighted by Gasteiger charge is -2.37. The van der Waals surface area contributed by atoms with Gasteiger partial charge in [0, 0.05) is 61.9 Å². The summed E-state index contributed by atoms with van der Waals surface area (Å²) in [4.78, 5) is 31.5. The van der Waals surface area contributed by atoms with Crippen molar-refractivity contribution in [2.45, 2.75) is 25.0 Å². The van der Waals surface area contributed by atoms with Gasteiger partial charge in [0.15, 0.2) is 11.2 Å². The molecule has 3 aliphatic rings. The summed E-state index contributed by atoms with van der Waals surface area (Å²) in [7, 11) is 0. The molecule has 0 bridgehead atoms. The fourth-order valence-corrected chi connectivity index (χ4v) is 5.53. The topological polar surface area (TPSA) is 107 Å². The zero-order valence-corrected chi connectivity index (χ0v) is 19.7. The Balaban J connectivity index is 1.16. The molecule has 6 heterocycles. The molecule has 0 unspecified atom stereocenters. The Bertz CT molecular complexity index is 1160. The van der Waals surface area contributed by atoms with Crippen LogP contribution in [0.3, 0.4) is 0 Å². The molecule has 34 heavy (non-hydrogen) atoms. The minimum Gasteiger partial charge on any atom is -0.441 e. The number of hydrogen-bond acceptors (Lipinski definition) is 9. The summed E-state index contributed by atoms with van der Waals surface area (Å²) in [5, 5.41) is 13.9. The number of hydrogen-bond donors (Lipinski definition) is 2.